The number of H-pyrrole nitrogens is 1. The molecule has 1 aromatic carbocycles. The molecule has 0 saturated heterocycles. The fraction of sp³-hybridized carbons (Fsp3) is 0.111. The van der Waals surface area contributed by atoms with Crippen LogP contribution in [0.3, 0.4) is 0 Å². The Labute approximate surface area is 78.0 Å². The Bertz CT molecular complexity index is 510. The van der Waals surface area contributed by atoms with Gasteiger partial charge < -0.3 is 4.98 Å². The predicted octanol–water partition coefficient (Wildman–Crippen LogP) is 2.18. The lowest BCUT2D eigenvalue weighted by atomic mass is 10.1. The van der Waals surface area contributed by atoms with Crippen LogP contribution in [-0.2, 0) is 5.92 Å². The number of nitriles is 1. The van der Waals surface area contributed by atoms with Gasteiger partial charge >= 0.3 is 5.92 Å². The molecule has 0 unspecified atom stereocenters. The molecule has 0 atom stereocenters. The molecule has 0 fully saturated rings. The summed E-state index contributed by atoms with van der Waals surface area (Å²) in [5.41, 5.74) is 0.775. The fourth-order valence-corrected chi connectivity index (χ4v) is 1.20. The number of fused-ring (bicyclic) bond motifs is 1. The predicted molar refractivity (Wildman–Crippen MR) is 45.6 cm³/mol. The Hall–Kier alpha value is -1.96. The quantitative estimate of drug-likeness (QED) is 0.754. The SMILES string of the molecule is N#CC(F)(F)c1ccc2nc[nH]c2c1. The normalized spacial score (nSPS) is 11.5. The maximum atomic E-state index is 12.9. The largest absolute Gasteiger partial charge is 0.357 e. The summed E-state index contributed by atoms with van der Waals surface area (Å²) in [7, 11) is 0. The van der Waals surface area contributed by atoms with Gasteiger partial charge in [-0.3, -0.25) is 0 Å². The van der Waals surface area contributed by atoms with Gasteiger partial charge in [0.15, 0.2) is 0 Å². The molecular formula is C9H5F2N3. The Morgan fingerprint density at radius 3 is 2.93 bits per heavy atom. The summed E-state index contributed by atoms with van der Waals surface area (Å²) < 4.78 is 25.8. The van der Waals surface area contributed by atoms with E-state index >= 15 is 0 Å². The summed E-state index contributed by atoms with van der Waals surface area (Å²) in [6.07, 6.45) is 1.42. The molecule has 0 bridgehead atoms. The van der Waals surface area contributed by atoms with E-state index in [1.807, 2.05) is 0 Å². The number of hydrogen-bond donors (Lipinski definition) is 1. The van der Waals surface area contributed by atoms with Gasteiger partial charge in [-0.15, -0.1) is 0 Å². The molecule has 3 nitrogen and oxygen atoms in total. The summed E-state index contributed by atoms with van der Waals surface area (Å²) in [6.45, 7) is 0. The molecule has 0 saturated carbocycles. The van der Waals surface area contributed by atoms with Crippen LogP contribution in [0.2, 0.25) is 0 Å². The van der Waals surface area contributed by atoms with Crippen LogP contribution in [0.5, 0.6) is 0 Å². The van der Waals surface area contributed by atoms with Gasteiger partial charge in [0.25, 0.3) is 0 Å². The standard InChI is InChI=1S/C9H5F2N3/c10-9(11,4-12)6-1-2-7-8(3-6)14-5-13-7/h1-3,5H,(H,13,14). The first-order valence-electron chi connectivity index (χ1n) is 3.86. The second-order valence-electron chi connectivity index (χ2n) is 2.82. The van der Waals surface area contributed by atoms with Gasteiger partial charge in [-0.2, -0.15) is 14.0 Å². The molecule has 0 aliphatic rings. The van der Waals surface area contributed by atoms with Crippen LogP contribution in [0.15, 0.2) is 24.5 Å². The van der Waals surface area contributed by atoms with E-state index in [0.29, 0.717) is 11.0 Å². The van der Waals surface area contributed by atoms with Crippen molar-refractivity contribution < 1.29 is 8.78 Å². The van der Waals surface area contributed by atoms with Gasteiger partial charge in [-0.25, -0.2) is 4.98 Å². The van der Waals surface area contributed by atoms with Crippen molar-refractivity contribution in [3.05, 3.63) is 30.1 Å². The van der Waals surface area contributed by atoms with Gasteiger partial charge in [-0.05, 0) is 18.2 Å². The molecule has 0 amide bonds. The van der Waals surface area contributed by atoms with Crippen molar-refractivity contribution >= 4 is 11.0 Å². The highest BCUT2D eigenvalue weighted by Gasteiger charge is 2.31. The first kappa shape index (κ1) is 8.63. The van der Waals surface area contributed by atoms with Gasteiger partial charge in [0, 0.05) is 5.56 Å². The summed E-state index contributed by atoms with van der Waals surface area (Å²) in [5, 5.41) is 8.24. The van der Waals surface area contributed by atoms with E-state index < -0.39 is 5.92 Å². The molecule has 2 rings (SSSR count). The zero-order valence-electron chi connectivity index (χ0n) is 6.96. The zero-order valence-corrected chi connectivity index (χ0v) is 6.96. The Morgan fingerprint density at radius 2 is 2.21 bits per heavy atom. The average molecular weight is 193 g/mol. The van der Waals surface area contributed by atoms with Crippen LogP contribution in [-0.4, -0.2) is 9.97 Å². The Morgan fingerprint density at radius 1 is 1.43 bits per heavy atom. The van der Waals surface area contributed by atoms with Crippen molar-refractivity contribution in [2.75, 3.05) is 0 Å². The fourth-order valence-electron chi connectivity index (χ4n) is 1.20. The summed E-state index contributed by atoms with van der Waals surface area (Å²) in [6, 6.07) is 4.83. The minimum absolute atomic E-state index is 0.322. The Balaban J connectivity index is 2.61. The average Bonchev–Trinajstić information content (AvgIpc) is 2.64. The van der Waals surface area contributed by atoms with Crippen LogP contribution >= 0.6 is 0 Å². The first-order valence-corrected chi connectivity index (χ1v) is 3.86. The monoisotopic (exact) mass is 193 g/mol. The van der Waals surface area contributed by atoms with Gasteiger partial charge in [0.05, 0.1) is 17.4 Å². The second-order valence-corrected chi connectivity index (χ2v) is 2.82. The third-order valence-electron chi connectivity index (χ3n) is 1.92. The van der Waals surface area contributed by atoms with Crippen LogP contribution < -0.4 is 0 Å². The second kappa shape index (κ2) is 2.77. The number of alkyl halides is 2. The van der Waals surface area contributed by atoms with E-state index in [-0.39, 0.29) is 5.56 Å². The third-order valence-corrected chi connectivity index (χ3v) is 1.92. The Kier molecular flexibility index (Phi) is 1.71. The molecule has 1 aromatic heterocycles. The van der Waals surface area contributed by atoms with Gasteiger partial charge in [-0.1, -0.05) is 0 Å². The van der Waals surface area contributed by atoms with Crippen LogP contribution in [0, 0.1) is 11.3 Å². The summed E-state index contributed by atoms with van der Waals surface area (Å²) >= 11 is 0. The number of imidazole rings is 1. The number of hydrogen-bond acceptors (Lipinski definition) is 2. The number of nitrogens with zero attached hydrogens (tertiary/aromatic N) is 2. The number of nitrogens with one attached hydrogen (secondary N) is 1. The first-order chi connectivity index (χ1) is 6.63. The van der Waals surface area contributed by atoms with Crippen molar-refractivity contribution in [3.63, 3.8) is 0 Å². The van der Waals surface area contributed by atoms with E-state index in [9.17, 15) is 8.78 Å². The van der Waals surface area contributed by atoms with Crippen LogP contribution in [0.25, 0.3) is 11.0 Å². The van der Waals surface area contributed by atoms with Gasteiger partial charge in [0.1, 0.15) is 6.07 Å². The lowest BCUT2D eigenvalue weighted by molar-refractivity contribution is 0.0614. The van der Waals surface area contributed by atoms with E-state index in [2.05, 4.69) is 9.97 Å². The number of benzene rings is 1. The molecule has 70 valence electrons. The van der Waals surface area contributed by atoms with E-state index in [4.69, 9.17) is 5.26 Å². The maximum Gasteiger partial charge on any atom is 0.357 e. The molecule has 0 radical (unpaired) electrons. The molecule has 1 heterocycles. The highest BCUT2D eigenvalue weighted by atomic mass is 19.3. The van der Waals surface area contributed by atoms with Crippen molar-refractivity contribution in [2.24, 2.45) is 0 Å². The maximum absolute atomic E-state index is 12.9. The number of aromatic amines is 1. The van der Waals surface area contributed by atoms with Crippen molar-refractivity contribution in [1.82, 2.24) is 9.97 Å². The number of aromatic nitrogens is 2. The molecule has 0 spiro atoms. The number of rotatable bonds is 1. The highest BCUT2D eigenvalue weighted by molar-refractivity contribution is 5.75. The van der Waals surface area contributed by atoms with Gasteiger partial charge in [0.2, 0.25) is 0 Å². The lowest BCUT2D eigenvalue weighted by Gasteiger charge is -2.06. The molecule has 14 heavy (non-hydrogen) atoms. The number of halogens is 2. The van der Waals surface area contributed by atoms with Crippen molar-refractivity contribution in [1.29, 1.82) is 5.26 Å². The molecule has 0 aliphatic carbocycles. The topological polar surface area (TPSA) is 52.5 Å². The van der Waals surface area contributed by atoms with Crippen molar-refractivity contribution in [3.8, 4) is 6.07 Å². The van der Waals surface area contributed by atoms with E-state index in [1.165, 1.54) is 24.5 Å². The lowest BCUT2D eigenvalue weighted by Crippen LogP contribution is -2.09. The van der Waals surface area contributed by atoms with Crippen molar-refractivity contribution in [2.45, 2.75) is 5.92 Å². The van der Waals surface area contributed by atoms with E-state index in [0.717, 1.165) is 6.07 Å². The van der Waals surface area contributed by atoms with Crippen LogP contribution in [0.1, 0.15) is 5.56 Å². The summed E-state index contributed by atoms with van der Waals surface area (Å²) in [5.74, 6) is -3.45. The zero-order chi connectivity index (χ0) is 10.2. The molecule has 5 heteroatoms. The molecule has 0 aliphatic heterocycles. The highest BCUT2D eigenvalue weighted by Crippen LogP contribution is 2.28. The smallest absolute Gasteiger partial charge is 0.345 e. The summed E-state index contributed by atoms with van der Waals surface area (Å²) in [4.78, 5) is 6.59. The third kappa shape index (κ3) is 1.21. The molecular weight excluding hydrogens is 188 g/mol. The van der Waals surface area contributed by atoms with Crippen LogP contribution in [0.4, 0.5) is 8.78 Å². The minimum atomic E-state index is -3.45. The minimum Gasteiger partial charge on any atom is -0.345 e. The van der Waals surface area contributed by atoms with E-state index in [1.54, 1.807) is 0 Å². The molecule has 1 N–H and O–H groups in total. The molecule has 2 aromatic rings.